The Balaban J connectivity index is 2.37. The molecule has 0 saturated heterocycles. The SMILES string of the molecule is CCN(CC)CCOC(=O)N(C)c1ccccc1. The lowest BCUT2D eigenvalue weighted by atomic mass is 10.3. The second-order valence-corrected chi connectivity index (χ2v) is 4.04. The number of para-hydroxylation sites is 1. The number of hydrogen-bond acceptors (Lipinski definition) is 3. The fourth-order valence-electron chi connectivity index (χ4n) is 1.66. The zero-order valence-corrected chi connectivity index (χ0v) is 11.4. The molecule has 4 nitrogen and oxygen atoms in total. The van der Waals surface area contributed by atoms with Crippen LogP contribution in [0.4, 0.5) is 10.5 Å². The van der Waals surface area contributed by atoms with Crippen molar-refractivity contribution >= 4 is 11.8 Å². The van der Waals surface area contributed by atoms with Crippen LogP contribution in [-0.2, 0) is 4.74 Å². The van der Waals surface area contributed by atoms with Gasteiger partial charge in [-0.1, -0.05) is 32.0 Å². The Morgan fingerprint density at radius 3 is 2.33 bits per heavy atom. The van der Waals surface area contributed by atoms with E-state index in [1.807, 2.05) is 30.3 Å². The van der Waals surface area contributed by atoms with Crippen LogP contribution < -0.4 is 4.90 Å². The molecule has 1 amide bonds. The minimum absolute atomic E-state index is 0.312. The molecule has 100 valence electrons. The molecule has 4 heteroatoms. The van der Waals surface area contributed by atoms with E-state index in [-0.39, 0.29) is 6.09 Å². The van der Waals surface area contributed by atoms with Crippen LogP contribution in [0.5, 0.6) is 0 Å². The molecule has 18 heavy (non-hydrogen) atoms. The molecule has 0 radical (unpaired) electrons. The zero-order chi connectivity index (χ0) is 13.4. The summed E-state index contributed by atoms with van der Waals surface area (Å²) in [5, 5.41) is 0. The highest BCUT2D eigenvalue weighted by molar-refractivity contribution is 5.86. The lowest BCUT2D eigenvalue weighted by Crippen LogP contribution is -2.32. The van der Waals surface area contributed by atoms with E-state index in [4.69, 9.17) is 4.74 Å². The molecule has 0 aliphatic carbocycles. The number of anilines is 1. The van der Waals surface area contributed by atoms with Crippen molar-refractivity contribution in [3.63, 3.8) is 0 Å². The number of hydrogen-bond donors (Lipinski definition) is 0. The van der Waals surface area contributed by atoms with Crippen molar-refractivity contribution in [1.82, 2.24) is 4.90 Å². The maximum absolute atomic E-state index is 11.8. The number of amides is 1. The molecule has 1 rings (SSSR count). The van der Waals surface area contributed by atoms with E-state index in [0.29, 0.717) is 6.61 Å². The van der Waals surface area contributed by atoms with Gasteiger partial charge in [-0.05, 0) is 25.2 Å². The van der Waals surface area contributed by atoms with Crippen LogP contribution in [0.1, 0.15) is 13.8 Å². The van der Waals surface area contributed by atoms with E-state index < -0.39 is 0 Å². The van der Waals surface area contributed by atoms with E-state index in [9.17, 15) is 4.79 Å². The minimum Gasteiger partial charge on any atom is -0.448 e. The van der Waals surface area contributed by atoms with Crippen LogP contribution >= 0.6 is 0 Å². The molecule has 0 aromatic heterocycles. The maximum atomic E-state index is 11.8. The van der Waals surface area contributed by atoms with Crippen molar-refractivity contribution in [2.24, 2.45) is 0 Å². The average molecular weight is 250 g/mol. The summed E-state index contributed by atoms with van der Waals surface area (Å²) in [5.74, 6) is 0. The number of ether oxygens (including phenoxy) is 1. The Labute approximate surface area is 109 Å². The molecule has 0 fully saturated rings. The topological polar surface area (TPSA) is 32.8 Å². The highest BCUT2D eigenvalue weighted by Gasteiger charge is 2.11. The van der Waals surface area contributed by atoms with Crippen molar-refractivity contribution in [1.29, 1.82) is 0 Å². The first-order valence-electron chi connectivity index (χ1n) is 6.36. The molecule has 0 saturated carbocycles. The zero-order valence-electron chi connectivity index (χ0n) is 11.4. The summed E-state index contributed by atoms with van der Waals surface area (Å²) in [6.45, 7) is 7.35. The van der Waals surface area contributed by atoms with Gasteiger partial charge in [-0.3, -0.25) is 4.90 Å². The van der Waals surface area contributed by atoms with Gasteiger partial charge in [-0.25, -0.2) is 4.79 Å². The fourth-order valence-corrected chi connectivity index (χ4v) is 1.66. The van der Waals surface area contributed by atoms with Gasteiger partial charge < -0.3 is 9.64 Å². The highest BCUT2D eigenvalue weighted by atomic mass is 16.6. The first-order chi connectivity index (χ1) is 8.69. The van der Waals surface area contributed by atoms with Gasteiger partial charge in [0.1, 0.15) is 6.61 Å². The van der Waals surface area contributed by atoms with Crippen LogP contribution in [0.25, 0.3) is 0 Å². The third kappa shape index (κ3) is 4.37. The Hall–Kier alpha value is -1.55. The van der Waals surface area contributed by atoms with Gasteiger partial charge in [-0.15, -0.1) is 0 Å². The number of rotatable bonds is 6. The standard InChI is InChI=1S/C14H22N2O2/c1-4-16(5-2)11-12-18-14(17)15(3)13-9-7-6-8-10-13/h6-10H,4-5,11-12H2,1-3H3. The summed E-state index contributed by atoms with van der Waals surface area (Å²) < 4.78 is 5.24. The molecule has 0 heterocycles. The molecule has 0 unspecified atom stereocenters. The van der Waals surface area contributed by atoms with Gasteiger partial charge in [0, 0.05) is 19.3 Å². The second-order valence-electron chi connectivity index (χ2n) is 4.04. The number of likely N-dealkylation sites (N-methyl/N-ethyl adjacent to an activating group) is 1. The van der Waals surface area contributed by atoms with E-state index in [2.05, 4.69) is 18.7 Å². The summed E-state index contributed by atoms with van der Waals surface area (Å²) in [7, 11) is 1.72. The molecular formula is C14H22N2O2. The summed E-state index contributed by atoms with van der Waals surface area (Å²) >= 11 is 0. The van der Waals surface area contributed by atoms with Crippen LogP contribution in [0.2, 0.25) is 0 Å². The Bertz CT molecular complexity index is 350. The van der Waals surface area contributed by atoms with Crippen LogP contribution in [0.15, 0.2) is 30.3 Å². The average Bonchev–Trinajstić information content (AvgIpc) is 2.43. The number of benzene rings is 1. The maximum Gasteiger partial charge on any atom is 0.414 e. The monoisotopic (exact) mass is 250 g/mol. The summed E-state index contributed by atoms with van der Waals surface area (Å²) in [6.07, 6.45) is -0.312. The number of carbonyl (C=O) groups excluding carboxylic acids is 1. The quantitative estimate of drug-likeness (QED) is 0.778. The van der Waals surface area contributed by atoms with E-state index >= 15 is 0 Å². The van der Waals surface area contributed by atoms with E-state index in [1.54, 1.807) is 7.05 Å². The predicted octanol–water partition coefficient (Wildman–Crippen LogP) is 2.60. The van der Waals surface area contributed by atoms with Crippen molar-refractivity contribution in [2.75, 3.05) is 38.2 Å². The largest absolute Gasteiger partial charge is 0.448 e. The van der Waals surface area contributed by atoms with Crippen molar-refractivity contribution in [2.45, 2.75) is 13.8 Å². The third-order valence-corrected chi connectivity index (χ3v) is 2.94. The smallest absolute Gasteiger partial charge is 0.414 e. The van der Waals surface area contributed by atoms with Crippen molar-refractivity contribution < 1.29 is 9.53 Å². The molecule has 0 N–H and O–H groups in total. The Morgan fingerprint density at radius 1 is 1.17 bits per heavy atom. The fraction of sp³-hybridized carbons (Fsp3) is 0.500. The van der Waals surface area contributed by atoms with Crippen LogP contribution in [-0.4, -0.2) is 44.3 Å². The molecule has 0 atom stereocenters. The van der Waals surface area contributed by atoms with Crippen molar-refractivity contribution in [3.8, 4) is 0 Å². The van der Waals surface area contributed by atoms with Gasteiger partial charge in [-0.2, -0.15) is 0 Å². The van der Waals surface area contributed by atoms with Gasteiger partial charge >= 0.3 is 6.09 Å². The molecule has 0 bridgehead atoms. The normalized spacial score (nSPS) is 10.4. The summed E-state index contributed by atoms with van der Waals surface area (Å²) in [6, 6.07) is 9.48. The van der Waals surface area contributed by atoms with Gasteiger partial charge in [0.2, 0.25) is 0 Å². The summed E-state index contributed by atoms with van der Waals surface area (Å²) in [5.41, 5.74) is 0.838. The first kappa shape index (κ1) is 14.5. The molecule has 0 spiro atoms. The molecule has 1 aromatic carbocycles. The van der Waals surface area contributed by atoms with Gasteiger partial charge in [0.05, 0.1) is 0 Å². The number of carbonyl (C=O) groups is 1. The lowest BCUT2D eigenvalue weighted by molar-refractivity contribution is 0.137. The van der Waals surface area contributed by atoms with E-state index in [1.165, 1.54) is 4.90 Å². The van der Waals surface area contributed by atoms with Crippen molar-refractivity contribution in [3.05, 3.63) is 30.3 Å². The Morgan fingerprint density at radius 2 is 1.78 bits per heavy atom. The predicted molar refractivity (Wildman–Crippen MR) is 74.0 cm³/mol. The van der Waals surface area contributed by atoms with Crippen LogP contribution in [0.3, 0.4) is 0 Å². The first-order valence-corrected chi connectivity index (χ1v) is 6.36. The van der Waals surface area contributed by atoms with Gasteiger partial charge in [0.15, 0.2) is 0 Å². The lowest BCUT2D eigenvalue weighted by Gasteiger charge is -2.20. The molecule has 1 aromatic rings. The second kappa shape index (κ2) is 7.71. The molecule has 0 aliphatic rings. The third-order valence-electron chi connectivity index (χ3n) is 2.94. The Kier molecular flexibility index (Phi) is 6.22. The van der Waals surface area contributed by atoms with Crippen LogP contribution in [0, 0.1) is 0 Å². The molecule has 0 aliphatic heterocycles. The van der Waals surface area contributed by atoms with Gasteiger partial charge in [0.25, 0.3) is 0 Å². The summed E-state index contributed by atoms with van der Waals surface area (Å²) in [4.78, 5) is 15.5. The number of nitrogens with zero attached hydrogens (tertiary/aromatic N) is 2. The minimum atomic E-state index is -0.312. The van der Waals surface area contributed by atoms with E-state index in [0.717, 1.165) is 25.3 Å². The molecular weight excluding hydrogens is 228 g/mol. The highest BCUT2D eigenvalue weighted by Crippen LogP contribution is 2.11.